The molecule has 3 aromatic carbocycles. The molecule has 0 amide bonds. The van der Waals surface area contributed by atoms with Crippen LogP contribution < -0.4 is 5.56 Å². The van der Waals surface area contributed by atoms with Gasteiger partial charge in [-0.15, -0.1) is 0 Å². The molecule has 0 saturated carbocycles. The number of allylic oxidation sites excluding steroid dienone is 1. The van der Waals surface area contributed by atoms with Gasteiger partial charge in [-0.25, -0.2) is 17.4 Å². The fourth-order valence-corrected chi connectivity index (χ4v) is 9.22. The van der Waals surface area contributed by atoms with E-state index in [0.29, 0.717) is 29.4 Å². The van der Waals surface area contributed by atoms with Gasteiger partial charge in [-0.2, -0.15) is 0 Å². The predicted octanol–water partition coefficient (Wildman–Crippen LogP) is 6.26. The second-order valence-corrected chi connectivity index (χ2v) is 14.4. The van der Waals surface area contributed by atoms with Crippen LogP contribution in [0.3, 0.4) is 0 Å². The molecule has 0 spiro atoms. The third-order valence-electron chi connectivity index (χ3n) is 8.79. The molecule has 0 radical (unpaired) electrons. The van der Waals surface area contributed by atoms with Crippen LogP contribution in [0.25, 0.3) is 17.2 Å². The predicted molar refractivity (Wildman–Crippen MR) is 182 cm³/mol. The lowest BCUT2D eigenvalue weighted by Crippen LogP contribution is -2.55. The molecule has 10 heteroatoms. The number of nitrogens with zero attached hydrogens (tertiary/aromatic N) is 2. The SMILES string of the molecule is COC(=O)C1CN(B(C)Cc2ccccc2)S(=O)(=O)c2c(-c3cccc(C)c3)c(Cc3cccc4c3C=CCC4)c(Br)c(=O)n21. The number of methoxy groups -OCH3 is 1. The molecular formula is C35H34BBrN2O5S. The highest BCUT2D eigenvalue weighted by Crippen LogP contribution is 2.41. The number of fused-ring (bicyclic) bond motifs is 2. The lowest BCUT2D eigenvalue weighted by molar-refractivity contribution is -0.145. The second kappa shape index (κ2) is 12.6. The smallest absolute Gasteiger partial charge is 0.330 e. The molecular weight excluding hydrogens is 651 g/mol. The Kier molecular flexibility index (Phi) is 8.74. The molecule has 0 bridgehead atoms. The van der Waals surface area contributed by atoms with Crippen LogP contribution in [0.2, 0.25) is 6.82 Å². The minimum Gasteiger partial charge on any atom is -0.467 e. The Hall–Kier alpha value is -3.73. The summed E-state index contributed by atoms with van der Waals surface area (Å²) in [5, 5.41) is -0.182. The van der Waals surface area contributed by atoms with Crippen LogP contribution in [0.15, 0.2) is 93.2 Å². The Morgan fingerprint density at radius 2 is 1.82 bits per heavy atom. The van der Waals surface area contributed by atoms with Gasteiger partial charge in [0.25, 0.3) is 5.56 Å². The van der Waals surface area contributed by atoms with E-state index in [1.807, 2.05) is 80.5 Å². The van der Waals surface area contributed by atoms with Gasteiger partial charge in [0.15, 0.2) is 5.03 Å². The number of carbonyl (C=O) groups is 1. The largest absolute Gasteiger partial charge is 0.467 e. The first-order valence-electron chi connectivity index (χ1n) is 15.1. The summed E-state index contributed by atoms with van der Waals surface area (Å²) in [6.07, 6.45) is 6.88. The third-order valence-corrected chi connectivity index (χ3v) is 11.6. The molecule has 1 aromatic heterocycles. The van der Waals surface area contributed by atoms with E-state index in [0.717, 1.165) is 39.7 Å². The van der Waals surface area contributed by atoms with Crippen LogP contribution in [0.5, 0.6) is 0 Å². The Balaban J connectivity index is 1.64. The van der Waals surface area contributed by atoms with E-state index in [4.69, 9.17) is 4.74 Å². The topological polar surface area (TPSA) is 85.7 Å². The monoisotopic (exact) mass is 684 g/mol. The van der Waals surface area contributed by atoms with Crippen molar-refractivity contribution < 1.29 is 17.9 Å². The first kappa shape index (κ1) is 31.3. The highest BCUT2D eigenvalue weighted by atomic mass is 79.9. The number of aromatic nitrogens is 1. The van der Waals surface area contributed by atoms with Crippen molar-refractivity contribution in [1.29, 1.82) is 0 Å². The number of esters is 1. The number of ether oxygens (including phenoxy) is 1. The van der Waals surface area contributed by atoms with Gasteiger partial charge in [-0.3, -0.25) is 9.36 Å². The van der Waals surface area contributed by atoms with Gasteiger partial charge in [-0.05, 0) is 69.8 Å². The van der Waals surface area contributed by atoms with E-state index in [2.05, 4.69) is 34.1 Å². The number of aryl methyl sites for hydroxylation is 2. The molecule has 2 aliphatic rings. The summed E-state index contributed by atoms with van der Waals surface area (Å²) in [5.74, 6) is -0.678. The minimum atomic E-state index is -4.29. The molecule has 1 aliphatic carbocycles. The molecule has 230 valence electrons. The summed E-state index contributed by atoms with van der Waals surface area (Å²) in [5.41, 5.74) is 6.26. The zero-order chi connectivity index (χ0) is 31.9. The van der Waals surface area contributed by atoms with Crippen molar-refractivity contribution in [3.8, 4) is 11.1 Å². The second-order valence-electron chi connectivity index (χ2n) is 11.8. The van der Waals surface area contributed by atoms with Crippen molar-refractivity contribution in [3.63, 3.8) is 0 Å². The highest BCUT2D eigenvalue weighted by Gasteiger charge is 2.46. The van der Waals surface area contributed by atoms with Crippen molar-refractivity contribution in [3.05, 3.63) is 127 Å². The van der Waals surface area contributed by atoms with Gasteiger partial charge < -0.3 is 4.74 Å². The number of sulfonamides is 1. The molecule has 1 unspecified atom stereocenters. The van der Waals surface area contributed by atoms with Gasteiger partial charge in [0.2, 0.25) is 16.9 Å². The lowest BCUT2D eigenvalue weighted by atomic mass is 9.60. The summed E-state index contributed by atoms with van der Waals surface area (Å²) in [6.45, 7) is 3.06. The molecule has 0 N–H and O–H groups in total. The molecule has 6 rings (SSSR count). The number of carbonyl (C=O) groups excluding carboxylic acids is 1. The molecule has 45 heavy (non-hydrogen) atoms. The first-order chi connectivity index (χ1) is 21.6. The average Bonchev–Trinajstić information content (AvgIpc) is 3.03. The maximum atomic E-state index is 14.9. The molecule has 7 nitrogen and oxygen atoms in total. The van der Waals surface area contributed by atoms with Crippen molar-refractivity contribution in [2.24, 2.45) is 0 Å². The van der Waals surface area contributed by atoms with Crippen molar-refractivity contribution in [2.75, 3.05) is 13.7 Å². The zero-order valence-corrected chi connectivity index (χ0v) is 27.9. The van der Waals surface area contributed by atoms with Gasteiger partial charge in [0, 0.05) is 18.5 Å². The van der Waals surface area contributed by atoms with Crippen LogP contribution in [-0.4, -0.2) is 43.7 Å². The molecule has 2 heterocycles. The maximum Gasteiger partial charge on any atom is 0.330 e. The number of hydrogen-bond acceptors (Lipinski definition) is 5. The van der Waals surface area contributed by atoms with E-state index >= 15 is 0 Å². The minimum absolute atomic E-state index is 0.182. The van der Waals surface area contributed by atoms with E-state index in [1.54, 1.807) is 0 Å². The van der Waals surface area contributed by atoms with Gasteiger partial charge >= 0.3 is 5.97 Å². The molecule has 1 aliphatic heterocycles. The van der Waals surface area contributed by atoms with Crippen molar-refractivity contribution in [1.82, 2.24) is 8.78 Å². The molecule has 0 saturated heterocycles. The van der Waals surface area contributed by atoms with E-state index in [1.165, 1.54) is 16.9 Å². The quantitative estimate of drug-likeness (QED) is 0.170. The van der Waals surface area contributed by atoms with E-state index in [9.17, 15) is 18.0 Å². The number of pyridine rings is 1. The van der Waals surface area contributed by atoms with Crippen molar-refractivity contribution in [2.45, 2.75) is 50.4 Å². The average molecular weight is 685 g/mol. The standard InChI is InChI=1S/C35H34BBrN2O5S/c1-23-11-9-17-27(19-23)31-29(20-26-16-10-15-25-14-7-8-18-28(25)26)32(37)33(40)39-30(35(41)44-3)22-38(45(42,43)34(31)39)36(2)21-24-12-5-4-6-13-24/h4-6,8-13,15-19,30H,7,14,20-22H2,1-3H3. The van der Waals surface area contributed by atoms with Gasteiger partial charge in [0.1, 0.15) is 6.04 Å². The maximum absolute atomic E-state index is 14.9. The Bertz CT molecular complexity index is 1990. The number of hydrogen-bond donors (Lipinski definition) is 0. The van der Waals surface area contributed by atoms with Crippen LogP contribution in [-0.2, 0) is 38.7 Å². The number of rotatable bonds is 7. The summed E-state index contributed by atoms with van der Waals surface area (Å²) >= 11 is 3.59. The fraction of sp³-hybridized carbons (Fsp3) is 0.257. The van der Waals surface area contributed by atoms with Crippen LogP contribution >= 0.6 is 15.9 Å². The molecule has 4 aromatic rings. The number of halogens is 1. The lowest BCUT2D eigenvalue weighted by Gasteiger charge is -2.38. The van der Waals surface area contributed by atoms with Crippen LogP contribution in [0.4, 0.5) is 0 Å². The van der Waals surface area contributed by atoms with E-state index < -0.39 is 34.4 Å². The fourth-order valence-electron chi connectivity index (χ4n) is 6.62. The summed E-state index contributed by atoms with van der Waals surface area (Å²) < 4.78 is 37.6. The third kappa shape index (κ3) is 5.75. The van der Waals surface area contributed by atoms with E-state index in [-0.39, 0.29) is 16.0 Å². The zero-order valence-electron chi connectivity index (χ0n) is 25.5. The van der Waals surface area contributed by atoms with Crippen molar-refractivity contribution >= 4 is 44.8 Å². The molecule has 0 fully saturated rings. The summed E-state index contributed by atoms with van der Waals surface area (Å²) in [6, 6.07) is 22.2. The normalized spacial score (nSPS) is 16.9. The van der Waals surface area contributed by atoms with Crippen LogP contribution in [0.1, 0.15) is 45.8 Å². The van der Waals surface area contributed by atoms with Gasteiger partial charge in [0.05, 0.1) is 11.6 Å². The Morgan fingerprint density at radius 3 is 2.56 bits per heavy atom. The molecule has 1 atom stereocenters. The first-order valence-corrected chi connectivity index (χ1v) is 17.3. The summed E-state index contributed by atoms with van der Waals surface area (Å²) in [7, 11) is -3.03. The summed E-state index contributed by atoms with van der Waals surface area (Å²) in [4.78, 5) is 27.6. The van der Waals surface area contributed by atoms with Gasteiger partial charge in [-0.1, -0.05) is 103 Å². The number of benzene rings is 3. The Morgan fingerprint density at radius 1 is 1.07 bits per heavy atom. The Labute approximate surface area is 272 Å². The van der Waals surface area contributed by atoms with Crippen LogP contribution in [0, 0.1) is 6.92 Å². The highest BCUT2D eigenvalue weighted by molar-refractivity contribution is 9.10.